The molecular formula is C12H16F3NO. The van der Waals surface area contributed by atoms with Gasteiger partial charge >= 0.3 is 5.92 Å². The number of halogens is 3. The van der Waals surface area contributed by atoms with Gasteiger partial charge in [0, 0.05) is 14.1 Å². The molecule has 0 saturated carbocycles. The molecule has 0 unspecified atom stereocenters. The van der Waals surface area contributed by atoms with Crippen molar-refractivity contribution in [1.29, 1.82) is 0 Å². The van der Waals surface area contributed by atoms with Crippen LogP contribution in [-0.2, 0) is 5.92 Å². The van der Waals surface area contributed by atoms with Crippen LogP contribution in [0.25, 0.3) is 0 Å². The number of rotatable bonds is 3. The molecule has 0 aliphatic carbocycles. The molecule has 1 N–H and O–H groups in total. The highest BCUT2D eigenvalue weighted by atomic mass is 19.3. The Balaban J connectivity index is 3.38. The Morgan fingerprint density at radius 2 is 1.71 bits per heavy atom. The van der Waals surface area contributed by atoms with Gasteiger partial charge in [-0.3, -0.25) is 0 Å². The molecule has 0 saturated heterocycles. The average Bonchev–Trinajstić information content (AvgIpc) is 2.15. The molecule has 0 spiro atoms. The van der Waals surface area contributed by atoms with Gasteiger partial charge in [-0.2, -0.15) is 8.78 Å². The molecule has 1 aromatic carbocycles. The molecule has 0 aliphatic rings. The normalized spacial score (nSPS) is 12.7. The van der Waals surface area contributed by atoms with Crippen LogP contribution in [0.2, 0.25) is 0 Å². The predicted molar refractivity (Wildman–Crippen MR) is 60.9 cm³/mol. The van der Waals surface area contributed by atoms with Crippen molar-refractivity contribution in [2.75, 3.05) is 19.0 Å². The zero-order valence-corrected chi connectivity index (χ0v) is 10.3. The fraction of sp³-hybridized carbons (Fsp3) is 0.500. The summed E-state index contributed by atoms with van der Waals surface area (Å²) in [5.74, 6) is -4.66. The van der Waals surface area contributed by atoms with Crippen molar-refractivity contribution in [3.63, 3.8) is 0 Å². The molecule has 0 aliphatic heterocycles. The molecule has 5 heteroatoms. The summed E-state index contributed by atoms with van der Waals surface area (Å²) in [7, 11) is 3.12. The van der Waals surface area contributed by atoms with E-state index in [1.165, 1.54) is 17.0 Å². The van der Waals surface area contributed by atoms with Gasteiger partial charge in [-0.05, 0) is 26.0 Å². The predicted octanol–water partition coefficient (Wildman–Crippen LogP) is 2.75. The second-order valence-corrected chi connectivity index (χ2v) is 4.67. The van der Waals surface area contributed by atoms with Crippen LogP contribution >= 0.6 is 0 Å². The molecule has 1 aromatic rings. The number of nitrogens with zero attached hydrogens (tertiary/aromatic N) is 1. The molecule has 2 nitrogen and oxygen atoms in total. The van der Waals surface area contributed by atoms with Crippen LogP contribution in [0.3, 0.4) is 0 Å². The minimum absolute atomic E-state index is 0.0615. The van der Waals surface area contributed by atoms with E-state index in [0.717, 1.165) is 19.9 Å². The molecule has 17 heavy (non-hydrogen) atoms. The molecule has 0 aromatic heterocycles. The zero-order valence-electron chi connectivity index (χ0n) is 10.3. The van der Waals surface area contributed by atoms with Crippen molar-refractivity contribution < 1.29 is 18.3 Å². The van der Waals surface area contributed by atoms with E-state index in [2.05, 4.69) is 0 Å². The Hall–Kier alpha value is -1.23. The fourth-order valence-corrected chi connectivity index (χ4v) is 1.44. The van der Waals surface area contributed by atoms with Crippen molar-refractivity contribution in [2.24, 2.45) is 0 Å². The van der Waals surface area contributed by atoms with Crippen LogP contribution < -0.4 is 4.90 Å². The lowest BCUT2D eigenvalue weighted by molar-refractivity contribution is -0.170. The minimum Gasteiger partial charge on any atom is -0.384 e. The Kier molecular flexibility index (Phi) is 3.43. The summed E-state index contributed by atoms with van der Waals surface area (Å²) in [4.78, 5) is 1.40. The quantitative estimate of drug-likeness (QED) is 0.887. The number of hydrogen-bond acceptors (Lipinski definition) is 2. The van der Waals surface area contributed by atoms with Crippen molar-refractivity contribution in [3.05, 3.63) is 29.6 Å². The van der Waals surface area contributed by atoms with Crippen molar-refractivity contribution >= 4 is 5.69 Å². The molecule has 0 heterocycles. The summed E-state index contributed by atoms with van der Waals surface area (Å²) in [5, 5.41) is 9.42. The summed E-state index contributed by atoms with van der Waals surface area (Å²) < 4.78 is 41.6. The van der Waals surface area contributed by atoms with Gasteiger partial charge in [0.25, 0.3) is 0 Å². The van der Waals surface area contributed by atoms with Crippen molar-refractivity contribution in [2.45, 2.75) is 25.4 Å². The van der Waals surface area contributed by atoms with E-state index in [1.807, 2.05) is 0 Å². The lowest BCUT2D eigenvalue weighted by Crippen LogP contribution is -2.41. The molecule has 0 atom stereocenters. The summed E-state index contributed by atoms with van der Waals surface area (Å²) >= 11 is 0. The number of benzene rings is 1. The molecule has 96 valence electrons. The van der Waals surface area contributed by atoms with E-state index >= 15 is 0 Å². The Morgan fingerprint density at radius 3 is 2.12 bits per heavy atom. The Bertz CT molecular complexity index is 411. The summed E-state index contributed by atoms with van der Waals surface area (Å²) in [6, 6.07) is 3.73. The third kappa shape index (κ3) is 2.39. The van der Waals surface area contributed by atoms with E-state index in [-0.39, 0.29) is 5.69 Å². The first-order valence-corrected chi connectivity index (χ1v) is 5.15. The lowest BCUT2D eigenvalue weighted by Gasteiger charge is -2.30. The van der Waals surface area contributed by atoms with Gasteiger partial charge in [-0.15, -0.1) is 0 Å². The van der Waals surface area contributed by atoms with E-state index in [1.54, 1.807) is 14.1 Å². The van der Waals surface area contributed by atoms with E-state index in [4.69, 9.17) is 0 Å². The third-order valence-electron chi connectivity index (χ3n) is 2.57. The molecule has 0 amide bonds. The van der Waals surface area contributed by atoms with Gasteiger partial charge in [0.2, 0.25) is 0 Å². The minimum atomic E-state index is -3.65. The second-order valence-electron chi connectivity index (χ2n) is 4.67. The highest BCUT2D eigenvalue weighted by molar-refractivity contribution is 5.50. The highest BCUT2D eigenvalue weighted by Gasteiger charge is 2.49. The highest BCUT2D eigenvalue weighted by Crippen LogP contribution is 2.41. The number of anilines is 1. The van der Waals surface area contributed by atoms with Crippen molar-refractivity contribution in [1.82, 2.24) is 0 Å². The lowest BCUT2D eigenvalue weighted by atomic mass is 9.92. The summed E-state index contributed by atoms with van der Waals surface area (Å²) in [5.41, 5.74) is -3.05. The first-order chi connectivity index (χ1) is 7.59. The first kappa shape index (κ1) is 13.8. The van der Waals surface area contributed by atoms with Crippen LogP contribution in [0.5, 0.6) is 0 Å². The van der Waals surface area contributed by atoms with Crippen LogP contribution in [0.4, 0.5) is 18.9 Å². The topological polar surface area (TPSA) is 23.5 Å². The Morgan fingerprint density at radius 1 is 1.18 bits per heavy atom. The SMILES string of the molecule is CN(C)c1cccc(C(F)(F)C(C)(C)O)c1F. The zero-order chi connectivity index (χ0) is 13.4. The van der Waals surface area contributed by atoms with E-state index in [9.17, 15) is 18.3 Å². The van der Waals surface area contributed by atoms with Crippen LogP contribution in [0, 0.1) is 5.82 Å². The molecule has 1 rings (SSSR count). The van der Waals surface area contributed by atoms with Crippen LogP contribution in [0.15, 0.2) is 18.2 Å². The van der Waals surface area contributed by atoms with Gasteiger partial charge in [-0.25, -0.2) is 4.39 Å². The maximum Gasteiger partial charge on any atom is 0.303 e. The number of aliphatic hydroxyl groups is 1. The molecule has 0 radical (unpaired) electrons. The molecule has 0 fully saturated rings. The third-order valence-corrected chi connectivity index (χ3v) is 2.57. The monoisotopic (exact) mass is 247 g/mol. The fourth-order valence-electron chi connectivity index (χ4n) is 1.44. The van der Waals surface area contributed by atoms with Crippen LogP contribution in [0.1, 0.15) is 19.4 Å². The van der Waals surface area contributed by atoms with Gasteiger partial charge in [-0.1, -0.05) is 6.07 Å². The van der Waals surface area contributed by atoms with Crippen LogP contribution in [-0.4, -0.2) is 24.8 Å². The maximum atomic E-state index is 13.9. The summed E-state index contributed by atoms with van der Waals surface area (Å²) in [6.07, 6.45) is 0. The van der Waals surface area contributed by atoms with Gasteiger partial charge in [0.15, 0.2) is 5.82 Å². The number of alkyl halides is 2. The molecule has 0 bridgehead atoms. The largest absolute Gasteiger partial charge is 0.384 e. The van der Waals surface area contributed by atoms with Gasteiger partial charge < -0.3 is 10.0 Å². The number of hydrogen-bond donors (Lipinski definition) is 1. The first-order valence-electron chi connectivity index (χ1n) is 5.15. The molecular weight excluding hydrogens is 231 g/mol. The van der Waals surface area contributed by atoms with E-state index < -0.39 is 22.9 Å². The van der Waals surface area contributed by atoms with Gasteiger partial charge in [0.05, 0.1) is 11.3 Å². The van der Waals surface area contributed by atoms with Gasteiger partial charge in [0.1, 0.15) is 5.60 Å². The summed E-state index contributed by atoms with van der Waals surface area (Å²) in [6.45, 7) is 1.91. The average molecular weight is 247 g/mol. The Labute approximate surface area is 98.7 Å². The standard InChI is InChI=1S/C12H16F3NO/c1-11(2,17)12(14,15)8-6-5-7-9(10(8)13)16(3)4/h5-7,17H,1-4H3. The smallest absolute Gasteiger partial charge is 0.303 e. The maximum absolute atomic E-state index is 13.9. The van der Waals surface area contributed by atoms with E-state index in [0.29, 0.717) is 0 Å². The second kappa shape index (κ2) is 4.22. The van der Waals surface area contributed by atoms with Crippen molar-refractivity contribution in [3.8, 4) is 0 Å².